The number of para-hydroxylation sites is 1. The summed E-state index contributed by atoms with van der Waals surface area (Å²) in [7, 11) is 0. The van der Waals surface area contributed by atoms with E-state index in [1.165, 1.54) is 6.20 Å². The summed E-state index contributed by atoms with van der Waals surface area (Å²) < 4.78 is 301. The Labute approximate surface area is 366 Å². The van der Waals surface area contributed by atoms with Crippen LogP contribution in [0.1, 0.15) is 21.6 Å². The van der Waals surface area contributed by atoms with Crippen LogP contribution in [-0.4, -0.2) is 17.1 Å². The van der Waals surface area contributed by atoms with Gasteiger partial charge in [-0.05, 0) is 18.6 Å². The molecule has 7 rings (SSSR count). The number of halogens is 20. The number of rotatable bonds is 8. The van der Waals surface area contributed by atoms with Crippen LogP contribution in [0.2, 0.25) is 0 Å². The minimum Gasteiger partial charge on any atom is -0.418 e. The van der Waals surface area contributed by atoms with Gasteiger partial charge < -0.3 is 4.74 Å². The topological polar surface area (TPSA) is 43.1 Å². The zero-order valence-corrected chi connectivity index (χ0v) is 33.0. The normalized spacial score (nSPS) is 11.4. The third-order valence-electron chi connectivity index (χ3n) is 10.2. The lowest BCUT2D eigenvalue weighted by atomic mass is 9.12. The molecule has 1 aromatic heterocycles. The first kappa shape index (κ1) is 50.0. The van der Waals surface area contributed by atoms with Crippen molar-refractivity contribution in [2.45, 2.75) is 13.5 Å². The van der Waals surface area contributed by atoms with Gasteiger partial charge in [-0.15, -0.1) is 21.9 Å². The van der Waals surface area contributed by atoms with Crippen molar-refractivity contribution in [1.82, 2.24) is 4.98 Å². The second-order valence-electron chi connectivity index (χ2n) is 14.0. The molecule has 6 aromatic carbocycles. The number of carbonyl (C=O) groups is 1. The number of benzene rings is 6. The number of ether oxygens (including phenoxy) is 1. The molecule has 0 saturated heterocycles. The lowest BCUT2D eigenvalue weighted by molar-refractivity contribution is -0.691. The molecule has 0 fully saturated rings. The van der Waals surface area contributed by atoms with Crippen molar-refractivity contribution < 1.29 is 102 Å². The molecule has 354 valence electrons. The molecule has 25 heteroatoms. The first-order valence-corrected chi connectivity index (χ1v) is 18.3. The maximum Gasteiger partial charge on any atom is 0.410 e. The van der Waals surface area contributed by atoms with Crippen molar-refractivity contribution in [2.75, 3.05) is 0 Å². The molecule has 0 radical (unpaired) electrons. The van der Waals surface area contributed by atoms with Crippen LogP contribution < -0.4 is 31.2 Å². The number of esters is 1. The summed E-state index contributed by atoms with van der Waals surface area (Å²) in [5, 5.41) is 0. The number of hydrogen-bond donors (Lipinski definition) is 0. The van der Waals surface area contributed by atoms with Crippen LogP contribution in [0.5, 0.6) is 5.75 Å². The molecule has 0 N–H and O–H groups in total. The summed E-state index contributed by atoms with van der Waals surface area (Å²) in [6.07, 6.45) is -2.25. The Morgan fingerprint density at radius 3 is 1.10 bits per heavy atom. The number of hydrogen-bond acceptors (Lipinski definition) is 3. The van der Waals surface area contributed by atoms with Gasteiger partial charge in [0.05, 0.1) is 6.20 Å². The Kier molecular flexibility index (Phi) is 14.0. The van der Waals surface area contributed by atoms with Crippen molar-refractivity contribution in [1.29, 1.82) is 0 Å². The molecule has 0 spiro atoms. The van der Waals surface area contributed by atoms with Gasteiger partial charge in [0.2, 0.25) is 0 Å². The summed E-state index contributed by atoms with van der Waals surface area (Å²) in [4.78, 5) is 16.5. The molecule has 68 heavy (non-hydrogen) atoms. The van der Waals surface area contributed by atoms with E-state index in [0.717, 1.165) is 11.1 Å². The largest absolute Gasteiger partial charge is 0.418 e. The van der Waals surface area contributed by atoms with E-state index >= 15 is 35.1 Å². The highest BCUT2D eigenvalue weighted by atomic mass is 19.2. The smallest absolute Gasteiger partial charge is 0.410 e. The van der Waals surface area contributed by atoms with Gasteiger partial charge in [-0.2, -0.15) is 4.57 Å². The van der Waals surface area contributed by atoms with E-state index in [1.807, 2.05) is 60.0 Å². The van der Waals surface area contributed by atoms with Gasteiger partial charge in [0.15, 0.2) is 82.5 Å². The quantitative estimate of drug-likeness (QED) is 0.0291. The average Bonchev–Trinajstić information content (AvgIpc) is 3.32. The van der Waals surface area contributed by atoms with Crippen molar-refractivity contribution in [3.8, 4) is 5.75 Å². The lowest BCUT2D eigenvalue weighted by Gasteiger charge is -2.44. The van der Waals surface area contributed by atoms with Gasteiger partial charge in [-0.3, -0.25) is 4.98 Å². The standard InChI is InChI=1S/C24BF20.C19H17N2O2/c26-5-1(6(27)14(35)21(42)13(5)34)25(2-7(28)15(36)22(43)16(37)8(2)29,3-9(30)17(38)23(44)18(39)10(3)31)4-11(32)19(40)24(45)20(41)12(4)33;1-15-7-5-6-10-18(15)23-19(22)17-13-20-11-12-21(17)14-16-8-3-2-4-9-16/h;2-13H,14H2,1H3/q-1;+1. The summed E-state index contributed by atoms with van der Waals surface area (Å²) in [5.74, 6) is -71.3. The van der Waals surface area contributed by atoms with Crippen molar-refractivity contribution in [3.63, 3.8) is 0 Å². The van der Waals surface area contributed by atoms with E-state index in [4.69, 9.17) is 4.74 Å². The number of nitrogens with zero attached hydrogens (tertiary/aromatic N) is 2. The van der Waals surface area contributed by atoms with E-state index < -0.39 is 150 Å². The molecule has 7 aromatic rings. The van der Waals surface area contributed by atoms with Gasteiger partial charge in [0, 0.05) is 5.56 Å². The van der Waals surface area contributed by atoms with Crippen LogP contribution in [0.15, 0.2) is 73.2 Å². The Balaban J connectivity index is 0.000000276. The fourth-order valence-corrected chi connectivity index (χ4v) is 7.17. The molecule has 0 unspecified atom stereocenters. The highest BCUT2D eigenvalue weighted by molar-refractivity contribution is 7.20. The zero-order chi connectivity index (χ0) is 50.4. The van der Waals surface area contributed by atoms with E-state index in [1.54, 1.807) is 18.5 Å². The van der Waals surface area contributed by atoms with Gasteiger partial charge in [-0.1, -0.05) is 48.5 Å². The molecule has 0 aliphatic carbocycles. The summed E-state index contributed by atoms with van der Waals surface area (Å²) in [5.41, 5.74) is -11.9. The predicted octanol–water partition coefficient (Wildman–Crippen LogP) is 8.79. The zero-order valence-electron chi connectivity index (χ0n) is 33.0. The van der Waals surface area contributed by atoms with E-state index in [9.17, 15) is 57.5 Å². The first-order valence-electron chi connectivity index (χ1n) is 18.3. The Bertz CT molecular complexity index is 2790. The maximum absolute atomic E-state index is 15.4. The van der Waals surface area contributed by atoms with E-state index in [2.05, 4.69) is 4.98 Å². The van der Waals surface area contributed by atoms with E-state index in [-0.39, 0.29) is 0 Å². The molecule has 0 saturated carbocycles. The second kappa shape index (κ2) is 19.0. The minimum absolute atomic E-state index is 0.414. The number of aromatic nitrogens is 2. The second-order valence-corrected chi connectivity index (χ2v) is 14.0. The maximum atomic E-state index is 15.4. The molecule has 1 heterocycles. The summed E-state index contributed by atoms with van der Waals surface area (Å²) >= 11 is 0. The SMILES string of the molecule is Cc1ccccc1OC(=O)c1cncc[n+]1Cc1ccccc1.Fc1c(F)c(F)c([B-](c2c(F)c(F)c(F)c(F)c2F)(c2c(F)c(F)c(F)c(F)c2F)c2c(F)c(F)c(F)c(F)c2F)c(F)c1F. The Morgan fingerprint density at radius 1 is 0.456 bits per heavy atom. The van der Waals surface area contributed by atoms with Gasteiger partial charge >= 0.3 is 11.7 Å². The van der Waals surface area contributed by atoms with Crippen LogP contribution in [0.4, 0.5) is 87.8 Å². The monoisotopic (exact) mass is 984 g/mol. The van der Waals surface area contributed by atoms with Crippen molar-refractivity contribution in [3.05, 3.63) is 206 Å². The van der Waals surface area contributed by atoms with Crippen LogP contribution in [0.3, 0.4) is 0 Å². The molecule has 0 amide bonds. The number of carbonyl (C=O) groups excluding carboxylic acids is 1. The summed E-state index contributed by atoms with van der Waals surface area (Å²) in [6.45, 7) is 2.49. The van der Waals surface area contributed by atoms with Crippen LogP contribution in [0, 0.1) is 123 Å². The molecule has 0 aliphatic heterocycles. The van der Waals surface area contributed by atoms with Crippen LogP contribution in [0.25, 0.3) is 0 Å². The Hall–Kier alpha value is -7.47. The molecule has 0 aliphatic rings. The van der Waals surface area contributed by atoms with Crippen LogP contribution in [-0.2, 0) is 6.54 Å². The lowest BCUT2D eigenvalue weighted by Crippen LogP contribution is -2.81. The molecule has 4 nitrogen and oxygen atoms in total. The third kappa shape index (κ3) is 8.11. The van der Waals surface area contributed by atoms with Crippen molar-refractivity contribution >= 4 is 34.0 Å². The number of aryl methyl sites for hydroxylation is 1. The highest BCUT2D eigenvalue weighted by Gasteiger charge is 2.52. The minimum atomic E-state index is -7.22. The highest BCUT2D eigenvalue weighted by Crippen LogP contribution is 2.31. The molecule has 0 bridgehead atoms. The fraction of sp³-hybridized carbons (Fsp3) is 0.0465. The predicted molar refractivity (Wildman–Crippen MR) is 195 cm³/mol. The summed E-state index contributed by atoms with van der Waals surface area (Å²) in [6, 6.07) is 17.4. The molecular weight excluding hydrogens is 967 g/mol. The third-order valence-corrected chi connectivity index (χ3v) is 10.2. The molecule has 0 atom stereocenters. The fourth-order valence-electron chi connectivity index (χ4n) is 7.17. The van der Waals surface area contributed by atoms with Crippen molar-refractivity contribution in [2.24, 2.45) is 0 Å². The average molecular weight is 984 g/mol. The van der Waals surface area contributed by atoms with Gasteiger partial charge in [0.1, 0.15) is 64.6 Å². The Morgan fingerprint density at radius 2 is 0.765 bits per heavy atom. The van der Waals surface area contributed by atoms with Gasteiger partial charge in [0.25, 0.3) is 0 Å². The van der Waals surface area contributed by atoms with E-state index in [0.29, 0.717) is 18.0 Å². The molecular formula is C43H17BF20N2O2. The van der Waals surface area contributed by atoms with Gasteiger partial charge in [-0.25, -0.2) is 92.6 Å². The first-order chi connectivity index (χ1) is 31.9. The van der Waals surface area contributed by atoms with Crippen LogP contribution >= 0.6 is 0 Å².